The van der Waals surface area contributed by atoms with Crippen molar-refractivity contribution in [2.24, 2.45) is 0 Å². The number of anilines is 1. The molecule has 7 nitrogen and oxygen atoms in total. The molecule has 2 aromatic heterocycles. The van der Waals surface area contributed by atoms with Gasteiger partial charge < -0.3 is 10.6 Å². The Morgan fingerprint density at radius 3 is 3.25 bits per heavy atom. The van der Waals surface area contributed by atoms with Crippen molar-refractivity contribution < 1.29 is 4.79 Å². The van der Waals surface area contributed by atoms with Gasteiger partial charge in [-0.15, -0.1) is 11.3 Å². The topological polar surface area (TPSA) is 95.6 Å². The number of hydrogen-bond acceptors (Lipinski definition) is 6. The van der Waals surface area contributed by atoms with Crippen LogP contribution in [0.1, 0.15) is 37.0 Å². The van der Waals surface area contributed by atoms with Crippen molar-refractivity contribution in [1.82, 2.24) is 20.1 Å². The Hall–Kier alpha value is -2.24. The van der Waals surface area contributed by atoms with Gasteiger partial charge in [0.25, 0.3) is 0 Å². The van der Waals surface area contributed by atoms with E-state index in [4.69, 9.17) is 5.26 Å². The minimum absolute atomic E-state index is 0.0769. The van der Waals surface area contributed by atoms with Crippen LogP contribution in [0, 0.1) is 11.3 Å². The molecule has 126 valence electrons. The molecule has 0 radical (unpaired) electrons. The van der Waals surface area contributed by atoms with Gasteiger partial charge in [-0.05, 0) is 17.9 Å². The molecule has 1 amide bonds. The third-order valence-electron chi connectivity index (χ3n) is 4.04. The van der Waals surface area contributed by atoms with E-state index >= 15 is 0 Å². The number of amides is 1. The van der Waals surface area contributed by atoms with Crippen LogP contribution < -0.4 is 10.6 Å². The van der Waals surface area contributed by atoms with E-state index in [1.54, 1.807) is 11.4 Å². The monoisotopic (exact) mass is 344 g/mol. The van der Waals surface area contributed by atoms with Gasteiger partial charge in [-0.3, -0.25) is 4.79 Å². The van der Waals surface area contributed by atoms with Crippen LogP contribution in [-0.2, 0) is 24.2 Å². The minimum Gasteiger partial charge on any atom is -0.317 e. The van der Waals surface area contributed by atoms with Crippen molar-refractivity contribution in [2.45, 2.75) is 45.2 Å². The molecule has 8 heteroatoms. The first-order valence-electron chi connectivity index (χ1n) is 8.13. The molecular weight excluding hydrogens is 324 g/mol. The fourth-order valence-electron chi connectivity index (χ4n) is 2.75. The lowest BCUT2D eigenvalue weighted by Gasteiger charge is -2.23. The van der Waals surface area contributed by atoms with Crippen LogP contribution in [0.4, 0.5) is 5.00 Å². The second-order valence-corrected chi connectivity index (χ2v) is 6.66. The zero-order chi connectivity index (χ0) is 16.9. The van der Waals surface area contributed by atoms with E-state index in [1.807, 2.05) is 4.68 Å². The van der Waals surface area contributed by atoms with Crippen LogP contribution in [-0.4, -0.2) is 33.3 Å². The van der Waals surface area contributed by atoms with E-state index in [2.05, 4.69) is 33.7 Å². The first-order chi connectivity index (χ1) is 11.7. The maximum Gasteiger partial charge on any atom is 0.226 e. The predicted octanol–water partition coefficient (Wildman–Crippen LogP) is 1.71. The molecule has 1 aliphatic rings. The largest absolute Gasteiger partial charge is 0.317 e. The highest BCUT2D eigenvalue weighted by Crippen LogP contribution is 2.22. The van der Waals surface area contributed by atoms with Crippen molar-refractivity contribution in [1.29, 1.82) is 5.26 Å². The summed E-state index contributed by atoms with van der Waals surface area (Å²) in [7, 11) is 0. The summed E-state index contributed by atoms with van der Waals surface area (Å²) in [5, 5.41) is 22.1. The van der Waals surface area contributed by atoms with Crippen molar-refractivity contribution in [2.75, 3.05) is 11.9 Å². The molecule has 0 saturated heterocycles. The summed E-state index contributed by atoms with van der Waals surface area (Å²) in [4.78, 5) is 16.5. The molecule has 0 spiro atoms. The van der Waals surface area contributed by atoms with Gasteiger partial charge in [-0.1, -0.05) is 6.92 Å². The van der Waals surface area contributed by atoms with Crippen molar-refractivity contribution in [3.8, 4) is 6.07 Å². The third-order valence-corrected chi connectivity index (χ3v) is 4.87. The molecule has 0 aromatic carbocycles. The first-order valence-corrected chi connectivity index (χ1v) is 9.01. The standard InChI is InChI=1S/C16H20N6OS/c1-2-13-19-14-4-3-12(10-22(14)21-13)18-7-5-15(23)20-16-11(9-17)6-8-24-16/h6,8,12,18H,2-5,7,10H2,1H3,(H,20,23)/t12-/m0/s1. The maximum absolute atomic E-state index is 12.0. The summed E-state index contributed by atoms with van der Waals surface area (Å²) in [5.41, 5.74) is 0.513. The van der Waals surface area contributed by atoms with Gasteiger partial charge in [0.05, 0.1) is 12.1 Å². The Morgan fingerprint density at radius 1 is 1.58 bits per heavy atom. The zero-order valence-corrected chi connectivity index (χ0v) is 14.4. The Labute approximate surface area is 144 Å². The van der Waals surface area contributed by atoms with Gasteiger partial charge in [-0.25, -0.2) is 9.67 Å². The smallest absolute Gasteiger partial charge is 0.226 e. The number of nitrogens with one attached hydrogen (secondary N) is 2. The second kappa shape index (κ2) is 7.55. The molecule has 0 aliphatic carbocycles. The summed E-state index contributed by atoms with van der Waals surface area (Å²) < 4.78 is 1.98. The zero-order valence-electron chi connectivity index (χ0n) is 13.6. The highest BCUT2D eigenvalue weighted by Gasteiger charge is 2.21. The molecule has 2 aromatic rings. The fourth-order valence-corrected chi connectivity index (χ4v) is 3.50. The average molecular weight is 344 g/mol. The van der Waals surface area contributed by atoms with Crippen molar-refractivity contribution >= 4 is 22.2 Å². The second-order valence-electron chi connectivity index (χ2n) is 5.74. The minimum atomic E-state index is -0.0769. The summed E-state index contributed by atoms with van der Waals surface area (Å²) in [6.45, 7) is 3.46. The van der Waals surface area contributed by atoms with E-state index in [0.29, 0.717) is 29.6 Å². The van der Waals surface area contributed by atoms with Gasteiger partial charge in [-0.2, -0.15) is 10.4 Å². The molecule has 3 heterocycles. The molecule has 3 rings (SSSR count). The number of carbonyl (C=O) groups excluding carboxylic acids is 1. The van der Waals surface area contributed by atoms with Crippen LogP contribution in [0.2, 0.25) is 0 Å². The quantitative estimate of drug-likeness (QED) is 0.832. The molecule has 1 atom stereocenters. The van der Waals surface area contributed by atoms with E-state index in [9.17, 15) is 4.79 Å². The van der Waals surface area contributed by atoms with Crippen LogP contribution in [0.5, 0.6) is 0 Å². The van der Waals surface area contributed by atoms with E-state index in [-0.39, 0.29) is 5.91 Å². The lowest BCUT2D eigenvalue weighted by atomic mass is 10.1. The van der Waals surface area contributed by atoms with E-state index in [1.165, 1.54) is 11.3 Å². The van der Waals surface area contributed by atoms with Crippen LogP contribution >= 0.6 is 11.3 Å². The highest BCUT2D eigenvalue weighted by molar-refractivity contribution is 7.14. The number of fused-ring (bicyclic) bond motifs is 1. The number of nitriles is 1. The molecule has 0 fully saturated rings. The number of nitrogens with zero attached hydrogens (tertiary/aromatic N) is 4. The SMILES string of the molecule is CCc1nc2n(n1)C[C@@H](NCCC(=O)Nc1sccc1C#N)CC2. The Kier molecular flexibility index (Phi) is 5.23. The summed E-state index contributed by atoms with van der Waals surface area (Å²) in [6, 6.07) is 4.09. The number of thiophene rings is 1. The van der Waals surface area contributed by atoms with Crippen molar-refractivity contribution in [3.05, 3.63) is 28.7 Å². The van der Waals surface area contributed by atoms with Gasteiger partial charge in [0.1, 0.15) is 16.9 Å². The van der Waals surface area contributed by atoms with E-state index in [0.717, 1.165) is 37.5 Å². The molecule has 0 unspecified atom stereocenters. The lowest BCUT2D eigenvalue weighted by Crippen LogP contribution is -2.39. The Balaban J connectivity index is 1.44. The molecular formula is C16H20N6OS. The number of aromatic nitrogens is 3. The van der Waals surface area contributed by atoms with Crippen LogP contribution in [0.25, 0.3) is 0 Å². The predicted molar refractivity (Wildman–Crippen MR) is 91.8 cm³/mol. The summed E-state index contributed by atoms with van der Waals surface area (Å²) in [5.74, 6) is 1.88. The number of rotatable bonds is 6. The molecule has 0 saturated carbocycles. The lowest BCUT2D eigenvalue weighted by molar-refractivity contribution is -0.116. The Morgan fingerprint density at radius 2 is 2.46 bits per heavy atom. The number of carbonyl (C=O) groups is 1. The summed E-state index contributed by atoms with van der Waals surface area (Å²) >= 11 is 1.37. The van der Waals surface area contributed by atoms with Crippen LogP contribution in [0.3, 0.4) is 0 Å². The molecule has 2 N–H and O–H groups in total. The average Bonchev–Trinajstić information content (AvgIpc) is 3.20. The molecule has 0 bridgehead atoms. The van der Waals surface area contributed by atoms with Crippen molar-refractivity contribution in [3.63, 3.8) is 0 Å². The number of aryl methyl sites for hydroxylation is 2. The normalized spacial score (nSPS) is 16.4. The molecule has 1 aliphatic heterocycles. The van der Waals surface area contributed by atoms with Gasteiger partial charge in [0.15, 0.2) is 5.82 Å². The number of hydrogen-bond donors (Lipinski definition) is 2. The Bertz CT molecular complexity index is 759. The fraction of sp³-hybridized carbons (Fsp3) is 0.500. The highest BCUT2D eigenvalue weighted by atomic mass is 32.1. The maximum atomic E-state index is 12.0. The van der Waals surface area contributed by atoms with Gasteiger partial charge >= 0.3 is 0 Å². The van der Waals surface area contributed by atoms with Gasteiger partial charge in [0.2, 0.25) is 5.91 Å². The van der Waals surface area contributed by atoms with Crippen LogP contribution in [0.15, 0.2) is 11.4 Å². The first kappa shape index (κ1) is 16.6. The molecule has 24 heavy (non-hydrogen) atoms. The third kappa shape index (κ3) is 3.80. The van der Waals surface area contributed by atoms with Gasteiger partial charge in [0, 0.05) is 31.8 Å². The summed E-state index contributed by atoms with van der Waals surface area (Å²) in [6.07, 6.45) is 3.15. The van der Waals surface area contributed by atoms with E-state index < -0.39 is 0 Å².